The van der Waals surface area contributed by atoms with E-state index in [1.54, 1.807) is 10.8 Å². The van der Waals surface area contributed by atoms with Crippen molar-refractivity contribution in [2.24, 2.45) is 0 Å². The van der Waals surface area contributed by atoms with Crippen molar-refractivity contribution >= 4 is 39.2 Å². The molecule has 0 unspecified atom stereocenters. The number of fused-ring (bicyclic) bond motifs is 1. The number of ether oxygens (including phenoxy) is 1. The molecule has 2 aromatic heterocycles. The number of thiazole rings is 1. The normalized spacial score (nSPS) is 10.7. The van der Waals surface area contributed by atoms with Gasteiger partial charge in [0.25, 0.3) is 0 Å². The quantitative estimate of drug-likeness (QED) is 0.747. The summed E-state index contributed by atoms with van der Waals surface area (Å²) in [6, 6.07) is 7.41. The van der Waals surface area contributed by atoms with Crippen molar-refractivity contribution in [2.45, 2.75) is 13.5 Å². The standard InChI is InChI=1S/C16H15N3O3S/c1-10-9-23-16(17-10)18-14(20)8-19-7-12(15(21)22-2)11-5-3-4-6-13(11)19/h3-7,9H,8H2,1-2H3,(H,17,18,20). The molecule has 118 valence electrons. The number of amides is 1. The molecule has 23 heavy (non-hydrogen) atoms. The minimum atomic E-state index is -0.420. The van der Waals surface area contributed by atoms with Crippen molar-refractivity contribution in [1.82, 2.24) is 9.55 Å². The molecule has 0 atom stereocenters. The second-order valence-corrected chi connectivity index (χ2v) is 5.88. The van der Waals surface area contributed by atoms with Crippen molar-refractivity contribution in [3.05, 3.63) is 47.1 Å². The summed E-state index contributed by atoms with van der Waals surface area (Å²) in [7, 11) is 1.34. The molecule has 6 nitrogen and oxygen atoms in total. The average Bonchev–Trinajstić information content (AvgIpc) is 3.11. The van der Waals surface area contributed by atoms with Gasteiger partial charge < -0.3 is 14.6 Å². The molecule has 1 amide bonds. The zero-order valence-electron chi connectivity index (χ0n) is 12.7. The Kier molecular flexibility index (Phi) is 4.12. The van der Waals surface area contributed by atoms with E-state index in [1.165, 1.54) is 18.4 Å². The highest BCUT2D eigenvalue weighted by Crippen LogP contribution is 2.22. The van der Waals surface area contributed by atoms with E-state index in [0.29, 0.717) is 10.7 Å². The van der Waals surface area contributed by atoms with Gasteiger partial charge in [0.2, 0.25) is 5.91 Å². The first kappa shape index (κ1) is 15.2. The summed E-state index contributed by atoms with van der Waals surface area (Å²) in [5.74, 6) is -0.618. The van der Waals surface area contributed by atoms with Gasteiger partial charge in [-0.2, -0.15) is 0 Å². The maximum atomic E-state index is 12.2. The molecule has 1 aromatic carbocycles. The van der Waals surface area contributed by atoms with Gasteiger partial charge in [0.15, 0.2) is 5.13 Å². The van der Waals surface area contributed by atoms with E-state index in [-0.39, 0.29) is 12.5 Å². The third-order valence-corrected chi connectivity index (χ3v) is 4.25. The Morgan fingerprint density at radius 2 is 2.13 bits per heavy atom. The number of carbonyl (C=O) groups is 2. The fourth-order valence-electron chi connectivity index (χ4n) is 2.38. The molecule has 2 heterocycles. The van der Waals surface area contributed by atoms with Crippen LogP contribution in [0.1, 0.15) is 16.1 Å². The molecule has 0 saturated carbocycles. The van der Waals surface area contributed by atoms with E-state index in [4.69, 9.17) is 4.74 Å². The summed E-state index contributed by atoms with van der Waals surface area (Å²) in [6.45, 7) is 1.96. The number of methoxy groups -OCH3 is 1. The summed E-state index contributed by atoms with van der Waals surface area (Å²) in [4.78, 5) is 28.3. The van der Waals surface area contributed by atoms with Crippen molar-refractivity contribution in [3.63, 3.8) is 0 Å². The first-order chi connectivity index (χ1) is 11.1. The zero-order chi connectivity index (χ0) is 16.4. The number of carbonyl (C=O) groups excluding carboxylic acids is 2. The Hall–Kier alpha value is -2.67. The molecule has 3 aromatic rings. The fourth-order valence-corrected chi connectivity index (χ4v) is 3.08. The summed E-state index contributed by atoms with van der Waals surface area (Å²) in [5.41, 5.74) is 2.11. The smallest absolute Gasteiger partial charge is 0.340 e. The van der Waals surface area contributed by atoms with Crippen LogP contribution in [0.5, 0.6) is 0 Å². The van der Waals surface area contributed by atoms with Crippen LogP contribution in [-0.2, 0) is 16.1 Å². The molecule has 0 bridgehead atoms. The van der Waals surface area contributed by atoms with Gasteiger partial charge in [0.05, 0.1) is 18.4 Å². The second kappa shape index (κ2) is 6.21. The Labute approximate surface area is 136 Å². The van der Waals surface area contributed by atoms with Crippen LogP contribution in [0, 0.1) is 6.92 Å². The van der Waals surface area contributed by atoms with E-state index in [9.17, 15) is 9.59 Å². The number of nitrogens with zero attached hydrogens (tertiary/aromatic N) is 2. The van der Waals surface area contributed by atoms with Crippen molar-refractivity contribution in [3.8, 4) is 0 Å². The van der Waals surface area contributed by atoms with Crippen LogP contribution in [0.15, 0.2) is 35.8 Å². The lowest BCUT2D eigenvalue weighted by Gasteiger charge is -2.05. The molecule has 0 aliphatic carbocycles. The predicted molar refractivity (Wildman–Crippen MR) is 88.8 cm³/mol. The minimum Gasteiger partial charge on any atom is -0.465 e. The van der Waals surface area contributed by atoms with E-state index >= 15 is 0 Å². The molecule has 3 rings (SSSR count). The number of esters is 1. The van der Waals surface area contributed by atoms with Crippen LogP contribution in [-0.4, -0.2) is 28.5 Å². The lowest BCUT2D eigenvalue weighted by molar-refractivity contribution is -0.116. The van der Waals surface area contributed by atoms with E-state index < -0.39 is 5.97 Å². The summed E-state index contributed by atoms with van der Waals surface area (Å²) < 4.78 is 6.53. The maximum absolute atomic E-state index is 12.2. The highest BCUT2D eigenvalue weighted by Gasteiger charge is 2.16. The van der Waals surface area contributed by atoms with E-state index in [1.807, 2.05) is 36.6 Å². The molecule has 0 aliphatic heterocycles. The number of rotatable bonds is 4. The lowest BCUT2D eigenvalue weighted by Crippen LogP contribution is -2.18. The summed E-state index contributed by atoms with van der Waals surface area (Å²) >= 11 is 1.38. The van der Waals surface area contributed by atoms with Gasteiger partial charge in [-0.3, -0.25) is 4.79 Å². The lowest BCUT2D eigenvalue weighted by atomic mass is 10.2. The Bertz CT molecular complexity index is 882. The number of hydrogen-bond acceptors (Lipinski definition) is 5. The minimum absolute atomic E-state index is 0.0934. The summed E-state index contributed by atoms with van der Waals surface area (Å²) in [6.07, 6.45) is 1.64. The van der Waals surface area contributed by atoms with Crippen molar-refractivity contribution in [2.75, 3.05) is 12.4 Å². The topological polar surface area (TPSA) is 73.2 Å². The Balaban J connectivity index is 1.87. The zero-order valence-corrected chi connectivity index (χ0v) is 13.5. The fraction of sp³-hybridized carbons (Fsp3) is 0.188. The van der Waals surface area contributed by atoms with Crippen molar-refractivity contribution < 1.29 is 14.3 Å². The third-order valence-electron chi connectivity index (χ3n) is 3.37. The van der Waals surface area contributed by atoms with Gasteiger partial charge in [-0.1, -0.05) is 18.2 Å². The largest absolute Gasteiger partial charge is 0.465 e. The molecular weight excluding hydrogens is 314 g/mol. The monoisotopic (exact) mass is 329 g/mol. The van der Waals surface area contributed by atoms with Gasteiger partial charge in [0.1, 0.15) is 6.54 Å². The predicted octanol–water partition coefficient (Wildman–Crippen LogP) is 2.83. The Morgan fingerprint density at radius 1 is 1.35 bits per heavy atom. The molecule has 7 heteroatoms. The van der Waals surface area contributed by atoms with Crippen LogP contribution in [0.2, 0.25) is 0 Å². The van der Waals surface area contributed by atoms with Crippen LogP contribution >= 0.6 is 11.3 Å². The maximum Gasteiger partial charge on any atom is 0.340 e. The molecule has 0 radical (unpaired) electrons. The molecule has 0 spiro atoms. The van der Waals surface area contributed by atoms with Gasteiger partial charge in [-0.15, -0.1) is 11.3 Å². The Morgan fingerprint density at radius 3 is 2.83 bits per heavy atom. The number of aromatic nitrogens is 2. The van der Waals surface area contributed by atoms with E-state index in [2.05, 4.69) is 10.3 Å². The molecule has 0 fully saturated rings. The van der Waals surface area contributed by atoms with Crippen LogP contribution in [0.3, 0.4) is 0 Å². The van der Waals surface area contributed by atoms with Crippen molar-refractivity contribution in [1.29, 1.82) is 0 Å². The van der Waals surface area contributed by atoms with Crippen LogP contribution < -0.4 is 5.32 Å². The SMILES string of the molecule is COC(=O)c1cn(CC(=O)Nc2nc(C)cs2)c2ccccc12. The van der Waals surface area contributed by atoms with Gasteiger partial charge in [-0.25, -0.2) is 9.78 Å². The summed E-state index contributed by atoms with van der Waals surface area (Å²) in [5, 5.41) is 5.96. The van der Waals surface area contributed by atoms with E-state index in [0.717, 1.165) is 16.6 Å². The number of anilines is 1. The average molecular weight is 329 g/mol. The van der Waals surface area contributed by atoms with Gasteiger partial charge in [-0.05, 0) is 13.0 Å². The molecular formula is C16H15N3O3S. The number of para-hydroxylation sites is 1. The number of nitrogens with one attached hydrogen (secondary N) is 1. The molecule has 1 N–H and O–H groups in total. The van der Waals surface area contributed by atoms with Gasteiger partial charge in [0, 0.05) is 22.5 Å². The second-order valence-electron chi connectivity index (χ2n) is 5.02. The molecule has 0 aliphatic rings. The number of benzene rings is 1. The van der Waals surface area contributed by atoms with Gasteiger partial charge >= 0.3 is 5.97 Å². The number of hydrogen-bond donors (Lipinski definition) is 1. The van der Waals surface area contributed by atoms with Crippen LogP contribution in [0.25, 0.3) is 10.9 Å². The highest BCUT2D eigenvalue weighted by atomic mass is 32.1. The number of aryl methyl sites for hydroxylation is 1. The van der Waals surface area contributed by atoms with Crippen LogP contribution in [0.4, 0.5) is 5.13 Å². The molecule has 0 saturated heterocycles. The first-order valence-corrected chi connectivity index (χ1v) is 7.84. The first-order valence-electron chi connectivity index (χ1n) is 6.96. The highest BCUT2D eigenvalue weighted by molar-refractivity contribution is 7.13. The third kappa shape index (κ3) is 3.09.